The van der Waals surface area contributed by atoms with Crippen LogP contribution in [-0.4, -0.2) is 53.8 Å². The van der Waals surface area contributed by atoms with Crippen molar-refractivity contribution in [1.82, 2.24) is 15.2 Å². The number of nitrogens with zero attached hydrogens (tertiary/aromatic N) is 3. The second kappa shape index (κ2) is 8.05. The number of amides is 3. The highest BCUT2D eigenvalue weighted by Gasteiger charge is 2.25. The van der Waals surface area contributed by atoms with Gasteiger partial charge >= 0.3 is 0 Å². The van der Waals surface area contributed by atoms with Crippen molar-refractivity contribution in [2.75, 3.05) is 31.1 Å². The standard InChI is InChI=1S/C15H22N4O3S/c1-3-16-12(20)9-18(4-2)14(22)8-11-10-23-15(17-11)19-7-5-6-13(19)21/h10H,3-9H2,1-2H3,(H,16,20). The van der Waals surface area contributed by atoms with Gasteiger partial charge in [0.1, 0.15) is 0 Å². The summed E-state index contributed by atoms with van der Waals surface area (Å²) in [6.07, 6.45) is 1.55. The van der Waals surface area contributed by atoms with Crippen molar-refractivity contribution in [2.45, 2.75) is 33.1 Å². The fraction of sp³-hybridized carbons (Fsp3) is 0.600. The Morgan fingerprint density at radius 1 is 1.43 bits per heavy atom. The van der Waals surface area contributed by atoms with Crippen molar-refractivity contribution in [2.24, 2.45) is 0 Å². The summed E-state index contributed by atoms with van der Waals surface area (Å²) in [4.78, 5) is 43.2. The topological polar surface area (TPSA) is 82.6 Å². The molecule has 1 aromatic rings. The van der Waals surface area contributed by atoms with Gasteiger partial charge in [-0.25, -0.2) is 4.98 Å². The highest BCUT2D eigenvalue weighted by Crippen LogP contribution is 2.25. The Hall–Kier alpha value is -1.96. The summed E-state index contributed by atoms with van der Waals surface area (Å²) in [6, 6.07) is 0. The van der Waals surface area contributed by atoms with Crippen LogP contribution in [0.15, 0.2) is 5.38 Å². The van der Waals surface area contributed by atoms with Crippen molar-refractivity contribution in [1.29, 1.82) is 0 Å². The van der Waals surface area contributed by atoms with Crippen molar-refractivity contribution in [3.05, 3.63) is 11.1 Å². The number of likely N-dealkylation sites (N-methyl/N-ethyl adjacent to an activating group) is 2. The molecule has 7 nitrogen and oxygen atoms in total. The minimum atomic E-state index is -0.163. The van der Waals surface area contributed by atoms with Crippen molar-refractivity contribution in [3.63, 3.8) is 0 Å². The highest BCUT2D eigenvalue weighted by molar-refractivity contribution is 7.14. The fourth-order valence-corrected chi connectivity index (χ4v) is 3.29. The SMILES string of the molecule is CCNC(=O)CN(CC)C(=O)Cc1csc(N2CCCC2=O)n1. The lowest BCUT2D eigenvalue weighted by Crippen LogP contribution is -2.41. The van der Waals surface area contributed by atoms with Crippen LogP contribution in [0.1, 0.15) is 32.4 Å². The molecule has 0 aromatic carbocycles. The average Bonchev–Trinajstić information content (AvgIpc) is 3.13. The summed E-state index contributed by atoms with van der Waals surface area (Å²) in [7, 11) is 0. The van der Waals surface area contributed by atoms with Gasteiger partial charge in [-0.3, -0.25) is 19.3 Å². The molecule has 23 heavy (non-hydrogen) atoms. The maximum atomic E-state index is 12.3. The third-order valence-electron chi connectivity index (χ3n) is 3.62. The minimum Gasteiger partial charge on any atom is -0.355 e. The number of hydrogen-bond donors (Lipinski definition) is 1. The molecule has 1 saturated heterocycles. The average molecular weight is 338 g/mol. The predicted molar refractivity (Wildman–Crippen MR) is 88.3 cm³/mol. The normalized spacial score (nSPS) is 14.2. The zero-order valence-corrected chi connectivity index (χ0v) is 14.3. The molecule has 0 unspecified atom stereocenters. The van der Waals surface area contributed by atoms with E-state index in [1.165, 1.54) is 16.2 Å². The number of nitrogens with one attached hydrogen (secondary N) is 1. The van der Waals surface area contributed by atoms with Crippen LogP contribution in [0.25, 0.3) is 0 Å². The van der Waals surface area contributed by atoms with Gasteiger partial charge in [0.2, 0.25) is 17.7 Å². The third kappa shape index (κ3) is 4.51. The first-order chi connectivity index (χ1) is 11.0. The second-order valence-corrected chi connectivity index (χ2v) is 6.15. The van der Waals surface area contributed by atoms with E-state index >= 15 is 0 Å². The van der Waals surface area contributed by atoms with Crippen LogP contribution < -0.4 is 10.2 Å². The maximum absolute atomic E-state index is 12.3. The molecule has 8 heteroatoms. The maximum Gasteiger partial charge on any atom is 0.239 e. The molecule has 1 aliphatic heterocycles. The third-order valence-corrected chi connectivity index (χ3v) is 4.53. The van der Waals surface area contributed by atoms with Crippen molar-refractivity contribution >= 4 is 34.2 Å². The number of rotatable bonds is 7. The lowest BCUT2D eigenvalue weighted by atomic mass is 10.3. The van der Waals surface area contributed by atoms with Gasteiger partial charge < -0.3 is 10.2 Å². The van der Waals surface area contributed by atoms with Gasteiger partial charge in [-0.1, -0.05) is 0 Å². The van der Waals surface area contributed by atoms with E-state index in [2.05, 4.69) is 10.3 Å². The predicted octanol–water partition coefficient (Wildman–Crippen LogP) is 0.797. The second-order valence-electron chi connectivity index (χ2n) is 5.31. The first-order valence-corrected chi connectivity index (χ1v) is 8.72. The number of carbonyl (C=O) groups is 3. The quantitative estimate of drug-likeness (QED) is 0.797. The van der Waals surface area contributed by atoms with E-state index in [1.54, 1.807) is 10.3 Å². The monoisotopic (exact) mass is 338 g/mol. The summed E-state index contributed by atoms with van der Waals surface area (Å²) in [5.41, 5.74) is 0.643. The molecule has 2 rings (SSSR count). The summed E-state index contributed by atoms with van der Waals surface area (Å²) in [5.74, 6) is -0.212. The number of carbonyl (C=O) groups excluding carboxylic acids is 3. The Balaban J connectivity index is 1.95. The minimum absolute atomic E-state index is 0.0603. The van der Waals surface area contributed by atoms with Gasteiger partial charge in [-0.2, -0.15) is 0 Å². The molecule has 0 aliphatic carbocycles. The van der Waals surface area contributed by atoms with Crippen molar-refractivity contribution in [3.8, 4) is 0 Å². The number of thiazole rings is 1. The first-order valence-electron chi connectivity index (χ1n) is 7.84. The van der Waals surface area contributed by atoms with Crippen LogP contribution in [0.5, 0.6) is 0 Å². The fourth-order valence-electron chi connectivity index (χ4n) is 2.42. The molecule has 0 bridgehead atoms. The Bertz CT molecular complexity index is 587. The van der Waals surface area contributed by atoms with Gasteiger partial charge in [0.25, 0.3) is 0 Å². The van der Waals surface area contributed by atoms with Crippen LogP contribution in [0.2, 0.25) is 0 Å². The lowest BCUT2D eigenvalue weighted by Gasteiger charge is -2.19. The van der Waals surface area contributed by atoms with Crippen LogP contribution in [-0.2, 0) is 20.8 Å². The highest BCUT2D eigenvalue weighted by atomic mass is 32.1. The Morgan fingerprint density at radius 3 is 2.83 bits per heavy atom. The number of hydrogen-bond acceptors (Lipinski definition) is 5. The molecule has 126 valence electrons. The lowest BCUT2D eigenvalue weighted by molar-refractivity contribution is -0.135. The summed E-state index contributed by atoms with van der Waals surface area (Å²) in [5, 5.41) is 5.14. The molecular formula is C15H22N4O3S. The summed E-state index contributed by atoms with van der Waals surface area (Å²) >= 11 is 1.38. The summed E-state index contributed by atoms with van der Waals surface area (Å²) in [6.45, 7) is 5.45. The number of anilines is 1. The van der Waals surface area contributed by atoms with Gasteiger partial charge in [0.05, 0.1) is 18.7 Å². The van der Waals surface area contributed by atoms with E-state index in [1.807, 2.05) is 13.8 Å². The first kappa shape index (κ1) is 17.4. The van der Waals surface area contributed by atoms with Gasteiger partial charge in [0.15, 0.2) is 5.13 Å². The van der Waals surface area contributed by atoms with E-state index in [4.69, 9.17) is 0 Å². The Labute approximate surface area is 139 Å². The molecular weight excluding hydrogens is 316 g/mol. The molecule has 0 radical (unpaired) electrons. The largest absolute Gasteiger partial charge is 0.355 e. The Kier molecular flexibility index (Phi) is 6.09. The molecule has 0 spiro atoms. The number of aromatic nitrogens is 1. The van der Waals surface area contributed by atoms with E-state index < -0.39 is 0 Å². The van der Waals surface area contributed by atoms with Crippen molar-refractivity contribution < 1.29 is 14.4 Å². The van der Waals surface area contributed by atoms with Gasteiger partial charge in [0, 0.05) is 31.4 Å². The van der Waals surface area contributed by atoms with Crippen LogP contribution in [0.3, 0.4) is 0 Å². The molecule has 3 amide bonds. The van der Waals surface area contributed by atoms with E-state index in [0.717, 1.165) is 6.42 Å². The van der Waals surface area contributed by atoms with Gasteiger partial charge in [-0.05, 0) is 20.3 Å². The van der Waals surface area contributed by atoms with E-state index in [-0.39, 0.29) is 30.7 Å². The molecule has 1 aromatic heterocycles. The smallest absolute Gasteiger partial charge is 0.239 e. The van der Waals surface area contributed by atoms with Crippen LogP contribution in [0.4, 0.5) is 5.13 Å². The van der Waals surface area contributed by atoms with Crippen LogP contribution in [0, 0.1) is 0 Å². The molecule has 1 aliphatic rings. The molecule has 1 fully saturated rings. The molecule has 0 saturated carbocycles. The zero-order chi connectivity index (χ0) is 16.8. The van der Waals surface area contributed by atoms with E-state index in [9.17, 15) is 14.4 Å². The zero-order valence-electron chi connectivity index (χ0n) is 13.5. The van der Waals surface area contributed by atoms with E-state index in [0.29, 0.717) is 36.9 Å². The summed E-state index contributed by atoms with van der Waals surface area (Å²) < 4.78 is 0. The Morgan fingerprint density at radius 2 is 2.22 bits per heavy atom. The molecule has 1 N–H and O–H groups in total. The molecule has 0 atom stereocenters. The molecule has 2 heterocycles. The van der Waals surface area contributed by atoms with Crippen LogP contribution >= 0.6 is 11.3 Å². The van der Waals surface area contributed by atoms with Gasteiger partial charge in [-0.15, -0.1) is 11.3 Å².